The maximum atomic E-state index is 5.70. The van der Waals surface area contributed by atoms with Crippen LogP contribution in [0.2, 0.25) is 6.04 Å². The van der Waals surface area contributed by atoms with E-state index in [1.165, 1.54) is 0 Å². The molecule has 0 aromatic rings. The summed E-state index contributed by atoms with van der Waals surface area (Å²) in [6.07, 6.45) is 1.83. The van der Waals surface area contributed by atoms with Gasteiger partial charge in [-0.15, -0.1) is 6.58 Å². The molecule has 2 rings (SSSR count). The van der Waals surface area contributed by atoms with Crippen molar-refractivity contribution in [3.63, 3.8) is 0 Å². The lowest BCUT2D eigenvalue weighted by Crippen LogP contribution is -2.44. The number of hydrogen-bond acceptors (Lipinski definition) is 4. The minimum Gasteiger partial charge on any atom is -0.372 e. The van der Waals surface area contributed by atoms with Gasteiger partial charge in [-0.25, -0.2) is 0 Å². The molecule has 0 radical (unpaired) electrons. The van der Waals surface area contributed by atoms with Gasteiger partial charge in [0, 0.05) is 19.1 Å². The quantitative estimate of drug-likeness (QED) is 0.479. The Balaban J connectivity index is 2.10. The molecule has 0 aromatic heterocycles. The first-order chi connectivity index (χ1) is 6.35. The van der Waals surface area contributed by atoms with Gasteiger partial charge in [-0.2, -0.15) is 0 Å². The van der Waals surface area contributed by atoms with Crippen molar-refractivity contribution in [3.8, 4) is 0 Å². The van der Waals surface area contributed by atoms with Gasteiger partial charge in [-0.1, -0.05) is 6.08 Å². The second-order valence-corrected chi connectivity index (χ2v) is 5.90. The normalized spacial score (nSPS) is 39.5. The third kappa shape index (κ3) is 2.00. The number of rotatable bonds is 2. The zero-order chi connectivity index (χ0) is 9.15. The lowest BCUT2D eigenvalue weighted by molar-refractivity contribution is 0.0937. The molecule has 2 heterocycles. The van der Waals surface area contributed by atoms with E-state index in [9.17, 15) is 0 Å². The van der Waals surface area contributed by atoms with Crippen LogP contribution in [0.15, 0.2) is 12.7 Å². The van der Waals surface area contributed by atoms with Crippen LogP contribution in [0.25, 0.3) is 0 Å². The molecule has 0 amide bonds. The second kappa shape index (κ2) is 3.89. The number of nitrogens with zero attached hydrogens (tertiary/aromatic N) is 1. The highest BCUT2D eigenvalue weighted by atomic mass is 28.4. The second-order valence-electron chi connectivity index (χ2n) is 3.26. The predicted octanol–water partition coefficient (Wildman–Crippen LogP) is 0.448. The molecule has 2 aliphatic heterocycles. The summed E-state index contributed by atoms with van der Waals surface area (Å²) in [7, 11) is -2.35. The van der Waals surface area contributed by atoms with Gasteiger partial charge < -0.3 is 13.3 Å². The predicted molar refractivity (Wildman–Crippen MR) is 50.2 cm³/mol. The summed E-state index contributed by atoms with van der Waals surface area (Å²) in [5.74, 6) is 0. The molecule has 0 N–H and O–H groups in total. The van der Waals surface area contributed by atoms with E-state index >= 15 is 0 Å². The number of allylic oxidation sites excluding steroid dienone is 1. The molecule has 0 aromatic carbocycles. The topological polar surface area (TPSA) is 30.9 Å². The van der Waals surface area contributed by atoms with Crippen molar-refractivity contribution in [1.82, 2.24) is 4.90 Å². The summed E-state index contributed by atoms with van der Waals surface area (Å²) in [6.45, 7) is 7.71. The molecule has 2 fully saturated rings. The van der Waals surface area contributed by atoms with Crippen LogP contribution in [0.5, 0.6) is 0 Å². The van der Waals surface area contributed by atoms with Crippen molar-refractivity contribution in [2.24, 2.45) is 0 Å². The molecule has 2 saturated heterocycles. The van der Waals surface area contributed by atoms with Gasteiger partial charge in [0.1, 0.15) is 0 Å². The third-order valence-corrected chi connectivity index (χ3v) is 4.97. The SMILES string of the molecule is C=CC[Si]12OCCN(CCO1)CO2. The molecule has 0 unspecified atom stereocenters. The lowest BCUT2D eigenvalue weighted by atomic mass is 10.5. The van der Waals surface area contributed by atoms with Crippen molar-refractivity contribution in [3.05, 3.63) is 12.7 Å². The summed E-state index contributed by atoms with van der Waals surface area (Å²) in [5.41, 5.74) is 0. The summed E-state index contributed by atoms with van der Waals surface area (Å²) in [4.78, 5) is 2.21. The van der Waals surface area contributed by atoms with Crippen LogP contribution in [-0.4, -0.2) is 46.7 Å². The molecule has 13 heavy (non-hydrogen) atoms. The van der Waals surface area contributed by atoms with Crippen molar-refractivity contribution >= 4 is 8.80 Å². The van der Waals surface area contributed by atoms with Crippen LogP contribution in [0.4, 0.5) is 0 Å². The molecule has 0 atom stereocenters. The maximum absolute atomic E-state index is 5.70. The van der Waals surface area contributed by atoms with Crippen molar-refractivity contribution in [2.75, 3.05) is 33.0 Å². The molecule has 0 aliphatic carbocycles. The van der Waals surface area contributed by atoms with Crippen LogP contribution in [0.3, 0.4) is 0 Å². The van der Waals surface area contributed by atoms with Crippen molar-refractivity contribution < 1.29 is 13.3 Å². The van der Waals surface area contributed by atoms with Crippen molar-refractivity contribution in [1.29, 1.82) is 0 Å². The van der Waals surface area contributed by atoms with E-state index in [0.717, 1.165) is 32.3 Å². The number of fused-ring (bicyclic) bond motifs is 3. The summed E-state index contributed by atoms with van der Waals surface area (Å²) in [6, 6.07) is 0.723. The highest BCUT2D eigenvalue weighted by Gasteiger charge is 2.44. The summed E-state index contributed by atoms with van der Waals surface area (Å²) in [5, 5.41) is 0. The summed E-state index contributed by atoms with van der Waals surface area (Å²) < 4.78 is 17.1. The zero-order valence-electron chi connectivity index (χ0n) is 7.70. The van der Waals surface area contributed by atoms with Gasteiger partial charge in [-0.05, 0) is 0 Å². The largest absolute Gasteiger partial charge is 0.505 e. The smallest absolute Gasteiger partial charge is 0.372 e. The van der Waals surface area contributed by atoms with E-state index in [4.69, 9.17) is 13.3 Å². The fraction of sp³-hybridized carbons (Fsp3) is 0.750. The fourth-order valence-corrected chi connectivity index (χ4v) is 3.71. The van der Waals surface area contributed by atoms with Crippen molar-refractivity contribution in [2.45, 2.75) is 6.04 Å². The Bertz CT molecular complexity index is 190. The highest BCUT2D eigenvalue weighted by molar-refractivity contribution is 6.61. The Morgan fingerprint density at radius 1 is 1.23 bits per heavy atom. The fourth-order valence-electron chi connectivity index (χ4n) is 1.57. The molecule has 0 spiro atoms. The minimum absolute atomic E-state index is 0.653. The number of hydrogen-bond donors (Lipinski definition) is 0. The minimum atomic E-state index is -2.35. The molecule has 4 nitrogen and oxygen atoms in total. The Kier molecular flexibility index (Phi) is 2.80. The highest BCUT2D eigenvalue weighted by Crippen LogP contribution is 2.21. The van der Waals surface area contributed by atoms with Gasteiger partial charge in [-0.3, -0.25) is 4.90 Å². The Morgan fingerprint density at radius 3 is 2.54 bits per heavy atom. The molecule has 2 aliphatic rings. The van der Waals surface area contributed by atoms with Gasteiger partial charge in [0.2, 0.25) is 0 Å². The van der Waals surface area contributed by atoms with Gasteiger partial charge in [0.25, 0.3) is 0 Å². The molecule has 2 bridgehead atoms. The van der Waals surface area contributed by atoms with Crippen LogP contribution in [0, 0.1) is 0 Å². The zero-order valence-corrected chi connectivity index (χ0v) is 8.70. The summed E-state index contributed by atoms with van der Waals surface area (Å²) >= 11 is 0. The standard InChI is InChI=1S/C8H15NO3Si/c1-2-7-13-10-5-3-9(8-12-13)4-6-11-13/h2H,1,3-8H2. The molecular weight excluding hydrogens is 186 g/mol. The van der Waals surface area contributed by atoms with Crippen LogP contribution < -0.4 is 0 Å². The lowest BCUT2D eigenvalue weighted by Gasteiger charge is -2.25. The van der Waals surface area contributed by atoms with Crippen LogP contribution >= 0.6 is 0 Å². The van der Waals surface area contributed by atoms with E-state index in [2.05, 4.69) is 11.5 Å². The van der Waals surface area contributed by atoms with Gasteiger partial charge >= 0.3 is 8.80 Å². The van der Waals surface area contributed by atoms with Gasteiger partial charge in [0.05, 0.1) is 19.9 Å². The van der Waals surface area contributed by atoms with E-state index in [1.807, 2.05) is 6.08 Å². The Labute approximate surface area is 79.4 Å². The molecule has 74 valence electrons. The molecule has 0 saturated carbocycles. The Morgan fingerprint density at radius 2 is 1.92 bits per heavy atom. The van der Waals surface area contributed by atoms with E-state index in [0.29, 0.717) is 6.73 Å². The first-order valence-electron chi connectivity index (χ1n) is 4.60. The average molecular weight is 201 g/mol. The molecular formula is C8H15NO3Si. The molecule has 5 heteroatoms. The van der Waals surface area contributed by atoms with E-state index in [-0.39, 0.29) is 0 Å². The van der Waals surface area contributed by atoms with E-state index < -0.39 is 8.80 Å². The van der Waals surface area contributed by atoms with E-state index in [1.54, 1.807) is 0 Å². The van der Waals surface area contributed by atoms with Crippen LogP contribution in [-0.2, 0) is 13.3 Å². The monoisotopic (exact) mass is 201 g/mol. The average Bonchev–Trinajstić information content (AvgIpc) is 2.37. The third-order valence-electron chi connectivity index (χ3n) is 2.32. The Hall–Kier alpha value is -0.203. The maximum Gasteiger partial charge on any atom is 0.505 e. The first-order valence-corrected chi connectivity index (χ1v) is 6.53. The first kappa shape index (κ1) is 9.36. The van der Waals surface area contributed by atoms with Gasteiger partial charge in [0.15, 0.2) is 0 Å². The van der Waals surface area contributed by atoms with Crippen LogP contribution in [0.1, 0.15) is 0 Å².